The molecule has 3 N–H and O–H groups in total. The Hall–Kier alpha value is -1.33. The van der Waals surface area contributed by atoms with Crippen LogP contribution in [0.15, 0.2) is 18.2 Å². The van der Waals surface area contributed by atoms with Gasteiger partial charge in [0.2, 0.25) is 0 Å². The molecule has 2 rings (SSSR count). The summed E-state index contributed by atoms with van der Waals surface area (Å²) in [5, 5.41) is 9.81. The Morgan fingerprint density at radius 3 is 2.83 bits per heavy atom. The normalized spacial score (nSPS) is 23.9. The minimum absolute atomic E-state index is 0.211. The number of halogens is 1. The quantitative estimate of drug-likeness (QED) is 0.786. The molecule has 1 fully saturated rings. The third kappa shape index (κ3) is 2.73. The lowest BCUT2D eigenvalue weighted by Gasteiger charge is -2.29. The minimum Gasteiger partial charge on any atom is -0.397 e. The first-order valence-electron chi connectivity index (χ1n) is 6.12. The van der Waals surface area contributed by atoms with E-state index >= 15 is 0 Å². The highest BCUT2D eigenvalue weighted by Gasteiger charge is 2.32. The van der Waals surface area contributed by atoms with Crippen LogP contribution < -0.4 is 10.6 Å². The standard InChI is InChI=1S/C13H20FN3O/c1-16(2)7-10-6-11(18)8-17(10)13-4-3-9(14)5-12(13)15/h3-5,10-11,18H,6-8,15H2,1-2H3. The van der Waals surface area contributed by atoms with Gasteiger partial charge in [0.05, 0.1) is 17.5 Å². The second-order valence-electron chi connectivity index (χ2n) is 5.16. The van der Waals surface area contributed by atoms with Gasteiger partial charge < -0.3 is 20.6 Å². The fraction of sp³-hybridized carbons (Fsp3) is 0.538. The van der Waals surface area contributed by atoms with Gasteiger partial charge in [0, 0.05) is 19.1 Å². The van der Waals surface area contributed by atoms with Crippen LogP contribution in [0.1, 0.15) is 6.42 Å². The smallest absolute Gasteiger partial charge is 0.125 e. The van der Waals surface area contributed by atoms with Crippen LogP contribution in [-0.2, 0) is 0 Å². The molecule has 1 aliphatic heterocycles. The van der Waals surface area contributed by atoms with Crippen molar-refractivity contribution in [2.75, 3.05) is 37.8 Å². The van der Waals surface area contributed by atoms with E-state index in [2.05, 4.69) is 9.80 Å². The summed E-state index contributed by atoms with van der Waals surface area (Å²) in [7, 11) is 3.99. The Kier molecular flexibility index (Phi) is 3.73. The van der Waals surface area contributed by atoms with Crippen molar-refractivity contribution in [1.82, 2.24) is 4.90 Å². The van der Waals surface area contributed by atoms with Gasteiger partial charge in [-0.2, -0.15) is 0 Å². The molecule has 0 bridgehead atoms. The number of hydrogen-bond acceptors (Lipinski definition) is 4. The Morgan fingerprint density at radius 1 is 1.50 bits per heavy atom. The predicted molar refractivity (Wildman–Crippen MR) is 71.1 cm³/mol. The molecule has 2 unspecified atom stereocenters. The fourth-order valence-corrected chi connectivity index (χ4v) is 2.57. The van der Waals surface area contributed by atoms with Gasteiger partial charge in [-0.15, -0.1) is 0 Å². The molecule has 1 heterocycles. The molecule has 100 valence electrons. The first-order valence-corrected chi connectivity index (χ1v) is 6.12. The number of likely N-dealkylation sites (N-methyl/N-ethyl adjacent to an activating group) is 1. The van der Waals surface area contributed by atoms with Crippen molar-refractivity contribution in [3.63, 3.8) is 0 Å². The molecule has 0 amide bonds. The molecule has 0 radical (unpaired) electrons. The molecule has 1 aliphatic rings. The van der Waals surface area contributed by atoms with E-state index < -0.39 is 0 Å². The molecule has 1 saturated heterocycles. The Morgan fingerprint density at radius 2 is 2.22 bits per heavy atom. The van der Waals surface area contributed by atoms with Gasteiger partial charge in [-0.25, -0.2) is 4.39 Å². The van der Waals surface area contributed by atoms with Crippen molar-refractivity contribution in [1.29, 1.82) is 0 Å². The molecule has 0 saturated carbocycles. The van der Waals surface area contributed by atoms with E-state index in [4.69, 9.17) is 5.73 Å². The lowest BCUT2D eigenvalue weighted by Crippen LogP contribution is -2.38. The highest BCUT2D eigenvalue weighted by atomic mass is 19.1. The molecular formula is C13H20FN3O. The van der Waals surface area contributed by atoms with Crippen molar-refractivity contribution in [3.8, 4) is 0 Å². The summed E-state index contributed by atoms with van der Waals surface area (Å²) in [4.78, 5) is 4.15. The van der Waals surface area contributed by atoms with Gasteiger partial charge in [0.25, 0.3) is 0 Å². The van der Waals surface area contributed by atoms with E-state index in [1.165, 1.54) is 12.1 Å². The van der Waals surface area contributed by atoms with E-state index in [0.29, 0.717) is 12.2 Å². The molecule has 4 nitrogen and oxygen atoms in total. The molecule has 0 spiro atoms. The maximum Gasteiger partial charge on any atom is 0.125 e. The number of nitrogens with two attached hydrogens (primary N) is 1. The van der Waals surface area contributed by atoms with E-state index in [9.17, 15) is 9.50 Å². The summed E-state index contributed by atoms with van der Waals surface area (Å²) >= 11 is 0. The van der Waals surface area contributed by atoms with Crippen molar-refractivity contribution < 1.29 is 9.50 Å². The summed E-state index contributed by atoms with van der Waals surface area (Å²) in [5.41, 5.74) is 7.09. The van der Waals surface area contributed by atoms with Gasteiger partial charge in [-0.1, -0.05) is 0 Å². The molecule has 18 heavy (non-hydrogen) atoms. The Bertz CT molecular complexity index is 425. The summed E-state index contributed by atoms with van der Waals surface area (Å²) in [5.74, 6) is -0.333. The number of rotatable bonds is 3. The van der Waals surface area contributed by atoms with Gasteiger partial charge in [-0.3, -0.25) is 0 Å². The van der Waals surface area contributed by atoms with Crippen LogP contribution in [0.3, 0.4) is 0 Å². The lowest BCUT2D eigenvalue weighted by atomic mass is 10.1. The Labute approximate surface area is 107 Å². The van der Waals surface area contributed by atoms with Crippen LogP contribution in [-0.4, -0.2) is 49.3 Å². The molecule has 0 aromatic heterocycles. The highest BCUT2D eigenvalue weighted by molar-refractivity contribution is 5.68. The third-order valence-electron chi connectivity index (χ3n) is 3.27. The summed E-state index contributed by atoms with van der Waals surface area (Å²) in [6, 6.07) is 4.63. The first-order chi connectivity index (χ1) is 8.47. The van der Waals surface area contributed by atoms with Crippen LogP contribution in [0, 0.1) is 5.82 Å². The van der Waals surface area contributed by atoms with Gasteiger partial charge in [0.15, 0.2) is 0 Å². The second-order valence-corrected chi connectivity index (χ2v) is 5.16. The number of β-amino-alcohol motifs (C(OH)–C–C–N with tert-alkyl or cyclic N) is 1. The SMILES string of the molecule is CN(C)CC1CC(O)CN1c1ccc(F)cc1N. The van der Waals surface area contributed by atoms with E-state index in [1.807, 2.05) is 14.1 Å². The third-order valence-corrected chi connectivity index (χ3v) is 3.27. The van der Waals surface area contributed by atoms with Crippen LogP contribution in [0.2, 0.25) is 0 Å². The molecule has 0 aliphatic carbocycles. The second kappa shape index (κ2) is 5.12. The zero-order valence-electron chi connectivity index (χ0n) is 10.8. The molecule has 2 atom stereocenters. The van der Waals surface area contributed by atoms with Crippen molar-refractivity contribution >= 4 is 11.4 Å². The number of benzene rings is 1. The van der Waals surface area contributed by atoms with Gasteiger partial charge in [0.1, 0.15) is 5.82 Å². The van der Waals surface area contributed by atoms with Gasteiger partial charge in [-0.05, 0) is 38.7 Å². The molecule has 5 heteroatoms. The average Bonchev–Trinajstić information content (AvgIpc) is 2.58. The lowest BCUT2D eigenvalue weighted by molar-refractivity contribution is 0.191. The topological polar surface area (TPSA) is 52.7 Å². The summed E-state index contributed by atoms with van der Waals surface area (Å²) < 4.78 is 13.1. The van der Waals surface area contributed by atoms with Crippen molar-refractivity contribution in [2.45, 2.75) is 18.6 Å². The number of aliphatic hydroxyl groups excluding tert-OH is 1. The number of anilines is 2. The van der Waals surface area contributed by atoms with E-state index in [0.717, 1.165) is 18.7 Å². The summed E-state index contributed by atoms with van der Waals surface area (Å²) in [6.07, 6.45) is 0.369. The first kappa shape index (κ1) is 13.1. The Balaban J connectivity index is 2.24. The molecule has 1 aromatic rings. The van der Waals surface area contributed by atoms with Crippen LogP contribution >= 0.6 is 0 Å². The van der Waals surface area contributed by atoms with Crippen LogP contribution in [0.5, 0.6) is 0 Å². The minimum atomic E-state index is -0.348. The van der Waals surface area contributed by atoms with Crippen molar-refractivity contribution in [3.05, 3.63) is 24.0 Å². The zero-order chi connectivity index (χ0) is 13.3. The maximum absolute atomic E-state index is 13.1. The number of nitrogens with zero attached hydrogens (tertiary/aromatic N) is 2. The van der Waals surface area contributed by atoms with Crippen molar-refractivity contribution in [2.24, 2.45) is 0 Å². The fourth-order valence-electron chi connectivity index (χ4n) is 2.57. The number of nitrogen functional groups attached to an aromatic ring is 1. The largest absolute Gasteiger partial charge is 0.397 e. The van der Waals surface area contributed by atoms with E-state index in [1.54, 1.807) is 6.07 Å². The molecular weight excluding hydrogens is 233 g/mol. The van der Waals surface area contributed by atoms with Gasteiger partial charge >= 0.3 is 0 Å². The monoisotopic (exact) mass is 253 g/mol. The zero-order valence-corrected chi connectivity index (χ0v) is 10.8. The average molecular weight is 253 g/mol. The number of aliphatic hydroxyl groups is 1. The highest BCUT2D eigenvalue weighted by Crippen LogP contribution is 2.31. The van der Waals surface area contributed by atoms with Crippen LogP contribution in [0.25, 0.3) is 0 Å². The number of hydrogen-bond donors (Lipinski definition) is 2. The molecule has 1 aromatic carbocycles. The maximum atomic E-state index is 13.1. The van der Waals surface area contributed by atoms with E-state index in [-0.39, 0.29) is 18.0 Å². The predicted octanol–water partition coefficient (Wildman–Crippen LogP) is 0.909. The summed E-state index contributed by atoms with van der Waals surface area (Å²) in [6.45, 7) is 1.39. The van der Waals surface area contributed by atoms with Crippen LogP contribution in [0.4, 0.5) is 15.8 Å².